The van der Waals surface area contributed by atoms with Gasteiger partial charge in [-0.25, -0.2) is 0 Å². The van der Waals surface area contributed by atoms with Gasteiger partial charge in [-0.1, -0.05) is 71.2 Å². The van der Waals surface area contributed by atoms with Gasteiger partial charge in [0.15, 0.2) is 0 Å². The van der Waals surface area contributed by atoms with Gasteiger partial charge in [0.25, 0.3) is 0 Å². The summed E-state index contributed by atoms with van der Waals surface area (Å²) in [6.45, 7) is 2.27. The smallest absolute Gasteiger partial charge is 0.0440 e. The van der Waals surface area contributed by atoms with Crippen LogP contribution in [0.5, 0.6) is 0 Å². The molecule has 2 aromatic rings. The average molecular weight is 345 g/mol. The quantitative estimate of drug-likeness (QED) is 0.490. The first-order chi connectivity index (χ1) is 11.1. The van der Waals surface area contributed by atoms with Gasteiger partial charge in [-0.15, -0.1) is 9.24 Å². The molecule has 0 N–H and O–H groups in total. The predicted molar refractivity (Wildman–Crippen MR) is 113 cm³/mol. The Labute approximate surface area is 145 Å². The molecule has 0 amide bonds. The van der Waals surface area contributed by atoms with E-state index in [-0.39, 0.29) is 0 Å². The van der Waals surface area contributed by atoms with E-state index in [1.165, 1.54) is 59.3 Å². The van der Waals surface area contributed by atoms with E-state index in [1.54, 1.807) is 0 Å². The normalized spacial score (nSPS) is 11.3. The predicted octanol–water partition coefficient (Wildman–Crippen LogP) is 4.80. The number of unbranched alkanes of at least 4 members (excludes halogenated alkanes) is 3. The van der Waals surface area contributed by atoms with Gasteiger partial charge in [0.2, 0.25) is 0 Å². The third-order valence-corrected chi connectivity index (χ3v) is 6.46. The van der Waals surface area contributed by atoms with Crippen molar-refractivity contribution in [3.8, 4) is 11.1 Å². The number of rotatable bonds is 8. The summed E-state index contributed by atoms with van der Waals surface area (Å²) in [6.07, 6.45) is 6.73. The summed E-state index contributed by atoms with van der Waals surface area (Å²) in [5.41, 5.74) is 3.94. The lowest BCUT2D eigenvalue weighted by Gasteiger charge is -2.19. The molecule has 2 rings (SSSR count). The maximum atomic E-state index is 2.99. The fraction of sp³-hybridized carbons (Fsp3) is 0.400. The maximum Gasteiger partial charge on any atom is 0.0440 e. The minimum absolute atomic E-state index is 0.913. The Morgan fingerprint density at radius 1 is 0.913 bits per heavy atom. The molecule has 0 saturated heterocycles. The zero-order valence-corrected chi connectivity index (χ0v) is 16.8. The van der Waals surface area contributed by atoms with E-state index in [9.17, 15) is 0 Å². The third-order valence-electron chi connectivity index (χ3n) is 4.13. The highest BCUT2D eigenvalue weighted by Gasteiger charge is 2.11. The lowest BCUT2D eigenvalue weighted by Crippen LogP contribution is -2.18. The molecule has 0 aliphatic carbocycles. The van der Waals surface area contributed by atoms with Crippen molar-refractivity contribution in [2.45, 2.75) is 32.6 Å². The van der Waals surface area contributed by atoms with Crippen LogP contribution in [0, 0.1) is 0 Å². The Kier molecular flexibility index (Phi) is 7.54. The number of nitrogens with zero attached hydrogens (tertiary/aromatic N) is 1. The minimum Gasteiger partial charge on any atom is -0.377 e. The fourth-order valence-corrected chi connectivity index (χ4v) is 4.71. The molecule has 0 aliphatic heterocycles. The van der Waals surface area contributed by atoms with Gasteiger partial charge in [0.05, 0.1) is 0 Å². The van der Waals surface area contributed by atoms with Crippen LogP contribution >= 0.6 is 17.8 Å². The Bertz CT molecular complexity index is 623. The van der Waals surface area contributed by atoms with Gasteiger partial charge in [0, 0.05) is 25.3 Å². The Morgan fingerprint density at radius 2 is 1.65 bits per heavy atom. The van der Waals surface area contributed by atoms with Crippen LogP contribution in [0.2, 0.25) is 0 Å². The zero-order valence-electron chi connectivity index (χ0n) is 14.6. The molecule has 23 heavy (non-hydrogen) atoms. The highest BCUT2D eigenvalue weighted by Crippen LogP contribution is 2.30. The largest absolute Gasteiger partial charge is 0.377 e. The highest BCUT2D eigenvalue weighted by atomic mass is 31.1. The van der Waals surface area contributed by atoms with E-state index in [4.69, 9.17) is 0 Å². The van der Waals surface area contributed by atoms with Crippen LogP contribution in [-0.4, -0.2) is 20.3 Å². The summed E-state index contributed by atoms with van der Waals surface area (Å²) < 4.78 is 0. The van der Waals surface area contributed by atoms with Gasteiger partial charge >= 0.3 is 0 Å². The van der Waals surface area contributed by atoms with Crippen molar-refractivity contribution in [2.24, 2.45) is 0 Å². The number of anilines is 1. The Balaban J connectivity index is 2.20. The summed E-state index contributed by atoms with van der Waals surface area (Å²) in [4.78, 5) is 2.19. The molecule has 0 spiro atoms. The fourth-order valence-electron chi connectivity index (χ4n) is 2.82. The molecule has 3 heteroatoms. The number of benzene rings is 2. The van der Waals surface area contributed by atoms with E-state index in [0.717, 1.165) is 8.58 Å². The second-order valence-electron chi connectivity index (χ2n) is 6.17. The molecule has 2 unspecified atom stereocenters. The highest BCUT2D eigenvalue weighted by molar-refractivity contribution is 7.50. The molecule has 2 aromatic carbocycles. The van der Waals surface area contributed by atoms with Crippen LogP contribution in [0.15, 0.2) is 42.5 Å². The molecule has 0 bridgehead atoms. The summed E-state index contributed by atoms with van der Waals surface area (Å²) in [6, 6.07) is 15.4. The van der Waals surface area contributed by atoms with Gasteiger partial charge in [-0.05, 0) is 34.8 Å². The monoisotopic (exact) mass is 345 g/mol. The molecule has 2 atom stereocenters. The van der Waals surface area contributed by atoms with Crippen molar-refractivity contribution >= 4 is 34.1 Å². The van der Waals surface area contributed by atoms with Gasteiger partial charge in [-0.3, -0.25) is 0 Å². The van der Waals surface area contributed by atoms with Crippen LogP contribution < -0.4 is 15.5 Å². The first kappa shape index (κ1) is 18.4. The van der Waals surface area contributed by atoms with E-state index < -0.39 is 0 Å². The molecule has 0 aliphatic rings. The first-order valence-corrected chi connectivity index (χ1v) is 10.3. The number of para-hydroxylation sites is 1. The Morgan fingerprint density at radius 3 is 2.39 bits per heavy atom. The van der Waals surface area contributed by atoms with Crippen LogP contribution in [-0.2, 0) is 0 Å². The van der Waals surface area contributed by atoms with Crippen LogP contribution in [0.1, 0.15) is 32.6 Å². The van der Waals surface area contributed by atoms with E-state index in [0.29, 0.717) is 0 Å². The molecule has 0 aromatic heterocycles. The van der Waals surface area contributed by atoms with Gasteiger partial charge < -0.3 is 4.90 Å². The summed E-state index contributed by atoms with van der Waals surface area (Å²) >= 11 is 0. The molecular formula is C20H29NP2. The van der Waals surface area contributed by atoms with Crippen LogP contribution in [0.4, 0.5) is 5.69 Å². The van der Waals surface area contributed by atoms with Crippen LogP contribution in [0.3, 0.4) is 0 Å². The molecular weight excluding hydrogens is 316 g/mol. The second kappa shape index (κ2) is 9.41. The van der Waals surface area contributed by atoms with Gasteiger partial charge in [0.1, 0.15) is 0 Å². The van der Waals surface area contributed by atoms with Crippen molar-refractivity contribution in [2.75, 3.05) is 25.2 Å². The summed E-state index contributed by atoms with van der Waals surface area (Å²) in [5, 5.41) is 2.87. The standard InChI is InChI=1S/C20H29NP2/c1-4-5-6-9-15-23-19-14-10-12-17(20(19)22)16-11-7-8-13-18(16)21(2)3/h7-8,10-14,23H,4-6,9,15,22H2,1-3H3. The number of hydrogen-bond donors (Lipinski definition) is 0. The minimum atomic E-state index is 0.913. The first-order valence-electron chi connectivity index (χ1n) is 8.54. The molecule has 1 nitrogen and oxygen atoms in total. The topological polar surface area (TPSA) is 3.24 Å². The van der Waals surface area contributed by atoms with Crippen molar-refractivity contribution in [3.63, 3.8) is 0 Å². The third kappa shape index (κ3) is 5.03. The van der Waals surface area contributed by atoms with Crippen LogP contribution in [0.25, 0.3) is 11.1 Å². The maximum absolute atomic E-state index is 2.99. The lowest BCUT2D eigenvalue weighted by atomic mass is 10.0. The molecule has 0 radical (unpaired) electrons. The van der Waals surface area contributed by atoms with Crippen molar-refractivity contribution in [3.05, 3.63) is 42.5 Å². The lowest BCUT2D eigenvalue weighted by molar-refractivity contribution is 0.706. The molecule has 0 saturated carbocycles. The summed E-state index contributed by atoms with van der Waals surface area (Å²) in [5.74, 6) is 0. The van der Waals surface area contributed by atoms with Crippen molar-refractivity contribution in [1.82, 2.24) is 0 Å². The summed E-state index contributed by atoms with van der Waals surface area (Å²) in [7, 11) is 8.13. The molecule has 124 valence electrons. The SMILES string of the molecule is CCCCCCPc1cccc(-c2ccccc2N(C)C)c1P. The average Bonchev–Trinajstić information content (AvgIpc) is 2.56. The van der Waals surface area contributed by atoms with E-state index in [2.05, 4.69) is 77.6 Å². The van der Waals surface area contributed by atoms with E-state index in [1.807, 2.05) is 0 Å². The van der Waals surface area contributed by atoms with E-state index >= 15 is 0 Å². The second-order valence-corrected chi connectivity index (χ2v) is 8.14. The van der Waals surface area contributed by atoms with Crippen molar-refractivity contribution in [1.29, 1.82) is 0 Å². The Hall–Kier alpha value is -0.900. The number of hydrogen-bond acceptors (Lipinski definition) is 1. The molecule has 0 heterocycles. The molecule has 0 fully saturated rings. The van der Waals surface area contributed by atoms with Gasteiger partial charge in [-0.2, -0.15) is 0 Å². The van der Waals surface area contributed by atoms with Crippen molar-refractivity contribution < 1.29 is 0 Å². The zero-order chi connectivity index (χ0) is 16.7.